The summed E-state index contributed by atoms with van der Waals surface area (Å²) in [4.78, 5) is 4.33. The van der Waals surface area contributed by atoms with Gasteiger partial charge in [-0.25, -0.2) is 0 Å². The van der Waals surface area contributed by atoms with Crippen molar-refractivity contribution in [3.63, 3.8) is 0 Å². The molecule has 0 saturated carbocycles. The predicted molar refractivity (Wildman–Crippen MR) is 112 cm³/mol. The van der Waals surface area contributed by atoms with Crippen molar-refractivity contribution in [2.75, 3.05) is 0 Å². The van der Waals surface area contributed by atoms with E-state index in [4.69, 9.17) is 3.32 Å². The minimum atomic E-state index is -1.84. The molecule has 1 aromatic rings. The summed E-state index contributed by atoms with van der Waals surface area (Å²) in [5, 5.41) is 1.82. The second kappa shape index (κ2) is 9.00. The zero-order chi connectivity index (χ0) is 16.5. The van der Waals surface area contributed by atoms with Gasteiger partial charge in [0.05, 0.1) is 0 Å². The molecule has 1 aliphatic carbocycles. The van der Waals surface area contributed by atoms with Crippen LogP contribution in [-0.4, -0.2) is 12.9 Å². The molecule has 0 atom stereocenters. The van der Waals surface area contributed by atoms with Crippen LogP contribution in [0.4, 0.5) is 0 Å². The van der Waals surface area contributed by atoms with Gasteiger partial charge >= 0.3 is 143 Å². The third-order valence-corrected chi connectivity index (χ3v) is 13.0. The molecular weight excluding hydrogens is 391 g/mol. The molecule has 0 amide bonds. The molecular formula is C19H30Cl2OSiTi. The van der Waals surface area contributed by atoms with Gasteiger partial charge in [0.15, 0.2) is 0 Å². The summed E-state index contributed by atoms with van der Waals surface area (Å²) in [5.74, 6) is 1.03. The number of allylic oxidation sites excluding steroid dienone is 4. The monoisotopic (exact) mass is 420 g/mol. The zero-order valence-electron chi connectivity index (χ0n) is 15.6. The Morgan fingerprint density at radius 3 is 2.25 bits per heavy atom. The van der Waals surface area contributed by atoms with E-state index in [0.717, 1.165) is 12.2 Å². The molecule has 0 N–H and O–H groups in total. The van der Waals surface area contributed by atoms with Crippen molar-refractivity contribution in [2.45, 2.75) is 52.2 Å². The summed E-state index contributed by atoms with van der Waals surface area (Å²) in [7, 11) is -1.54. The van der Waals surface area contributed by atoms with Gasteiger partial charge in [0.25, 0.3) is 0 Å². The van der Waals surface area contributed by atoms with Gasteiger partial charge < -0.3 is 0 Å². The summed E-state index contributed by atoms with van der Waals surface area (Å²) in [6.45, 7) is 14.2. The summed E-state index contributed by atoms with van der Waals surface area (Å²) in [6.07, 6.45) is 7.52. The van der Waals surface area contributed by atoms with Crippen LogP contribution >= 0.6 is 24.8 Å². The number of hydrogen-bond acceptors (Lipinski definition) is 1. The summed E-state index contributed by atoms with van der Waals surface area (Å²) < 4.78 is 7.71. The second-order valence-corrected chi connectivity index (χ2v) is 15.7. The molecule has 1 aliphatic rings. The van der Waals surface area contributed by atoms with E-state index in [2.05, 4.69) is 82.0 Å². The van der Waals surface area contributed by atoms with Crippen molar-refractivity contribution in [1.29, 1.82) is 0 Å². The Hall–Kier alpha value is -0.119. The average Bonchev–Trinajstić information content (AvgIpc) is 2.90. The van der Waals surface area contributed by atoms with Crippen LogP contribution in [0.5, 0.6) is 5.75 Å². The van der Waals surface area contributed by atoms with E-state index in [9.17, 15) is 0 Å². The molecule has 1 aromatic carbocycles. The summed E-state index contributed by atoms with van der Waals surface area (Å²) in [5.41, 5.74) is 1.29. The summed E-state index contributed by atoms with van der Waals surface area (Å²) >= 11 is -1.84. The first-order chi connectivity index (χ1) is 10.1. The van der Waals surface area contributed by atoms with E-state index < -0.39 is 25.9 Å². The van der Waals surface area contributed by atoms with E-state index >= 15 is 0 Å². The van der Waals surface area contributed by atoms with Crippen LogP contribution in [0.15, 0.2) is 40.3 Å². The van der Waals surface area contributed by atoms with Crippen molar-refractivity contribution in [3.8, 4) is 5.75 Å². The molecule has 0 radical (unpaired) electrons. The topological polar surface area (TPSA) is 9.23 Å². The van der Waals surface area contributed by atoms with E-state index in [-0.39, 0.29) is 24.8 Å². The van der Waals surface area contributed by atoms with Crippen LogP contribution in [0.2, 0.25) is 18.1 Å². The van der Waals surface area contributed by atoms with Crippen molar-refractivity contribution in [3.05, 3.63) is 45.9 Å². The molecule has 0 aromatic heterocycles. The van der Waals surface area contributed by atoms with E-state index in [0.29, 0.717) is 5.04 Å². The fourth-order valence-corrected chi connectivity index (χ4v) is 6.23. The Morgan fingerprint density at radius 1 is 1.12 bits per heavy atom. The van der Waals surface area contributed by atoms with Gasteiger partial charge in [-0.15, -0.1) is 24.8 Å². The standard InChI is InChI=1S/C13H22OSi.C5H5.CH2.2ClH.Ti/c1-10-7-11(14)9-12(8-10)15(5,6)13(2,3)4;1-2-4-5-3-1;;;;/h7-9,14H,1-6H3;1-3H,4H2;1H2;2*1H;/q;;;;;+1/p-1. The Morgan fingerprint density at radius 2 is 1.75 bits per heavy atom. The molecule has 0 heterocycles. The second-order valence-electron chi connectivity index (χ2n) is 7.76. The molecule has 0 fully saturated rings. The number of rotatable bonds is 4. The first-order valence-electron chi connectivity index (χ1n) is 7.96. The van der Waals surface area contributed by atoms with Gasteiger partial charge in [-0.1, -0.05) is 0 Å². The SMILES string of the molecule is Cl.Cl.[CH2]=[Ti]([O]c1cc(C)cc([Si](C)(C)C(C)(C)C)c1)[C]1=CC=CC1. The maximum absolute atomic E-state index is 6.30. The van der Waals surface area contributed by atoms with Crippen molar-refractivity contribution in [2.24, 2.45) is 0 Å². The molecule has 5 heteroatoms. The molecule has 0 unspecified atom stereocenters. The number of aryl methyl sites for hydroxylation is 1. The van der Waals surface area contributed by atoms with Gasteiger partial charge in [0.1, 0.15) is 0 Å². The first-order valence-corrected chi connectivity index (χ1v) is 13.5. The molecule has 134 valence electrons. The summed E-state index contributed by atoms with van der Waals surface area (Å²) in [6, 6.07) is 6.80. The Labute approximate surface area is 167 Å². The van der Waals surface area contributed by atoms with Crippen LogP contribution < -0.4 is 8.51 Å². The fraction of sp³-hybridized carbons (Fsp3) is 0.421. The number of hydrogen-bond donors (Lipinski definition) is 0. The third kappa shape index (κ3) is 5.44. The molecule has 0 spiro atoms. The minimum absolute atomic E-state index is 0. The van der Waals surface area contributed by atoms with Crippen LogP contribution in [0.3, 0.4) is 0 Å². The Bertz CT molecular complexity index is 658. The van der Waals surface area contributed by atoms with Gasteiger partial charge in [-0.3, -0.25) is 0 Å². The van der Waals surface area contributed by atoms with E-state index in [1.165, 1.54) is 14.6 Å². The van der Waals surface area contributed by atoms with Crippen LogP contribution in [0.1, 0.15) is 32.8 Å². The average molecular weight is 421 g/mol. The van der Waals surface area contributed by atoms with Gasteiger partial charge in [-0.05, 0) is 0 Å². The molecule has 2 rings (SSSR count). The molecule has 0 bridgehead atoms. The number of halogens is 2. The Kier molecular flexibility index (Phi) is 8.96. The van der Waals surface area contributed by atoms with Crippen molar-refractivity contribution in [1.82, 2.24) is 0 Å². The predicted octanol–water partition coefficient (Wildman–Crippen LogP) is 5.74. The van der Waals surface area contributed by atoms with Crippen LogP contribution in [0.25, 0.3) is 0 Å². The fourth-order valence-electron chi connectivity index (χ4n) is 2.46. The molecule has 0 saturated heterocycles. The number of benzene rings is 1. The van der Waals surface area contributed by atoms with E-state index in [1.54, 1.807) is 0 Å². The Balaban J connectivity index is 0.00000264. The van der Waals surface area contributed by atoms with Gasteiger partial charge in [0, 0.05) is 0 Å². The first kappa shape index (κ1) is 23.9. The molecule has 24 heavy (non-hydrogen) atoms. The maximum atomic E-state index is 6.30. The van der Waals surface area contributed by atoms with Crippen molar-refractivity contribution < 1.29 is 21.1 Å². The quantitative estimate of drug-likeness (QED) is 0.564. The van der Waals surface area contributed by atoms with Gasteiger partial charge in [0.2, 0.25) is 0 Å². The van der Waals surface area contributed by atoms with Crippen LogP contribution in [-0.2, 0) is 17.8 Å². The third-order valence-electron chi connectivity index (χ3n) is 5.02. The van der Waals surface area contributed by atoms with Crippen LogP contribution in [0, 0.1) is 6.92 Å². The van der Waals surface area contributed by atoms with E-state index in [1.807, 2.05) is 0 Å². The molecule has 0 aliphatic heterocycles. The van der Waals surface area contributed by atoms with Crippen molar-refractivity contribution >= 4 is 42.9 Å². The normalized spacial score (nSPS) is 13.7. The van der Waals surface area contributed by atoms with Gasteiger partial charge in [-0.2, -0.15) is 0 Å². The molecule has 1 nitrogen and oxygen atoms in total. The zero-order valence-corrected chi connectivity index (χ0v) is 19.8.